The van der Waals surface area contributed by atoms with Gasteiger partial charge in [-0.15, -0.1) is 0 Å². The third-order valence-corrected chi connectivity index (χ3v) is 4.64. The fourth-order valence-electron chi connectivity index (χ4n) is 3.20. The summed E-state index contributed by atoms with van der Waals surface area (Å²) < 4.78 is 11.2. The number of nitrogens with zero attached hydrogens (tertiary/aromatic N) is 2. The summed E-state index contributed by atoms with van der Waals surface area (Å²) in [5.41, 5.74) is 0. The Bertz CT molecular complexity index is 436. The number of aliphatic imine (C=N–C) groups is 1. The van der Waals surface area contributed by atoms with E-state index in [4.69, 9.17) is 9.47 Å². The van der Waals surface area contributed by atoms with Crippen molar-refractivity contribution in [3.63, 3.8) is 0 Å². The van der Waals surface area contributed by atoms with E-state index < -0.39 is 0 Å². The first-order valence-corrected chi connectivity index (χ1v) is 9.55. The Kier molecular flexibility index (Phi) is 8.48. The van der Waals surface area contributed by atoms with Crippen LogP contribution in [-0.4, -0.2) is 75.4 Å². The minimum Gasteiger partial charge on any atom is -0.379 e. The maximum absolute atomic E-state index is 12.0. The Morgan fingerprint density at radius 1 is 1.40 bits per heavy atom. The number of nitrogens with one attached hydrogen (secondary N) is 2. The van der Waals surface area contributed by atoms with Gasteiger partial charge in [0.2, 0.25) is 5.91 Å². The highest BCUT2D eigenvalue weighted by Gasteiger charge is 2.27. The molecule has 0 aromatic rings. The molecule has 0 spiro atoms. The van der Waals surface area contributed by atoms with Crippen LogP contribution in [0, 0.1) is 5.92 Å². The van der Waals surface area contributed by atoms with Gasteiger partial charge < -0.3 is 25.0 Å². The first kappa shape index (κ1) is 20.0. The van der Waals surface area contributed by atoms with Crippen LogP contribution in [0.25, 0.3) is 0 Å². The summed E-state index contributed by atoms with van der Waals surface area (Å²) >= 11 is 0. The molecule has 1 amide bonds. The molecule has 7 nitrogen and oxygen atoms in total. The van der Waals surface area contributed by atoms with Gasteiger partial charge in [-0.2, -0.15) is 0 Å². The number of amides is 1. The van der Waals surface area contributed by atoms with Crippen molar-refractivity contribution in [1.82, 2.24) is 15.5 Å². The monoisotopic (exact) mass is 354 g/mol. The maximum atomic E-state index is 12.0. The Balaban J connectivity index is 1.55. The van der Waals surface area contributed by atoms with Crippen LogP contribution in [0.15, 0.2) is 4.99 Å². The van der Waals surface area contributed by atoms with Crippen molar-refractivity contribution < 1.29 is 14.3 Å². The highest BCUT2D eigenvalue weighted by Crippen LogP contribution is 2.13. The summed E-state index contributed by atoms with van der Waals surface area (Å²) in [5, 5.41) is 6.73. The van der Waals surface area contributed by atoms with Gasteiger partial charge in [0.05, 0.1) is 12.7 Å². The summed E-state index contributed by atoms with van der Waals surface area (Å²) in [6.45, 7) is 8.59. The van der Waals surface area contributed by atoms with E-state index in [0.717, 1.165) is 64.5 Å². The Hall–Kier alpha value is -1.34. The normalized spacial score (nSPS) is 24.2. The van der Waals surface area contributed by atoms with Crippen LogP contribution >= 0.6 is 0 Å². The SMILES string of the molecule is CN=C(NCCCOCC1CCCO1)NC1CCN(C(=O)C(C)C)C1. The minimum atomic E-state index is 0.0609. The van der Waals surface area contributed by atoms with Crippen molar-refractivity contribution in [1.29, 1.82) is 0 Å². The Morgan fingerprint density at radius 3 is 2.92 bits per heavy atom. The third kappa shape index (κ3) is 6.82. The van der Waals surface area contributed by atoms with E-state index in [1.807, 2.05) is 18.7 Å². The van der Waals surface area contributed by atoms with Crippen molar-refractivity contribution in [3.05, 3.63) is 0 Å². The molecule has 2 aliphatic rings. The van der Waals surface area contributed by atoms with Crippen LogP contribution < -0.4 is 10.6 Å². The largest absolute Gasteiger partial charge is 0.379 e. The number of ether oxygens (including phenoxy) is 2. The quantitative estimate of drug-likeness (QED) is 0.386. The molecule has 0 radical (unpaired) electrons. The van der Waals surface area contributed by atoms with E-state index in [1.165, 1.54) is 0 Å². The van der Waals surface area contributed by atoms with Crippen LogP contribution in [0.4, 0.5) is 0 Å². The smallest absolute Gasteiger partial charge is 0.225 e. The second-order valence-corrected chi connectivity index (χ2v) is 7.13. The molecule has 0 bridgehead atoms. The Labute approximate surface area is 151 Å². The van der Waals surface area contributed by atoms with Crippen LogP contribution in [0.1, 0.15) is 39.5 Å². The van der Waals surface area contributed by atoms with Gasteiger partial charge in [-0.1, -0.05) is 13.8 Å². The van der Waals surface area contributed by atoms with Crippen LogP contribution in [0.5, 0.6) is 0 Å². The summed E-state index contributed by atoms with van der Waals surface area (Å²) in [6.07, 6.45) is 4.45. The summed E-state index contributed by atoms with van der Waals surface area (Å²) in [4.78, 5) is 18.2. The number of rotatable bonds is 8. The zero-order chi connectivity index (χ0) is 18.1. The van der Waals surface area contributed by atoms with E-state index in [9.17, 15) is 4.79 Å². The predicted octanol–water partition coefficient (Wildman–Crippen LogP) is 0.994. The topological polar surface area (TPSA) is 75.2 Å². The molecule has 2 atom stereocenters. The number of guanidine groups is 1. The molecule has 0 aliphatic carbocycles. The Morgan fingerprint density at radius 2 is 2.24 bits per heavy atom. The fourth-order valence-corrected chi connectivity index (χ4v) is 3.20. The molecule has 2 unspecified atom stereocenters. The number of likely N-dealkylation sites (tertiary alicyclic amines) is 1. The van der Waals surface area contributed by atoms with Gasteiger partial charge >= 0.3 is 0 Å². The van der Waals surface area contributed by atoms with Crippen molar-refractivity contribution in [2.24, 2.45) is 10.9 Å². The molecule has 7 heteroatoms. The number of hydrogen-bond acceptors (Lipinski definition) is 4. The molecule has 2 aliphatic heterocycles. The molecular weight excluding hydrogens is 320 g/mol. The zero-order valence-corrected chi connectivity index (χ0v) is 15.9. The summed E-state index contributed by atoms with van der Waals surface area (Å²) in [6, 6.07) is 0.268. The molecule has 0 aromatic carbocycles. The lowest BCUT2D eigenvalue weighted by Gasteiger charge is -2.20. The van der Waals surface area contributed by atoms with Crippen molar-refractivity contribution in [3.8, 4) is 0 Å². The summed E-state index contributed by atoms with van der Waals surface area (Å²) in [7, 11) is 1.77. The first-order chi connectivity index (χ1) is 12.1. The first-order valence-electron chi connectivity index (χ1n) is 9.55. The lowest BCUT2D eigenvalue weighted by molar-refractivity contribution is -0.133. The van der Waals surface area contributed by atoms with Crippen LogP contribution in [0.3, 0.4) is 0 Å². The number of carbonyl (C=O) groups excluding carboxylic acids is 1. The van der Waals surface area contributed by atoms with Gasteiger partial charge in [-0.05, 0) is 25.7 Å². The van der Waals surface area contributed by atoms with E-state index in [1.54, 1.807) is 7.05 Å². The molecule has 2 N–H and O–H groups in total. The standard InChI is InChI=1S/C18H34N4O3/c1-14(2)17(23)22-9-7-15(12-22)21-18(19-3)20-8-5-10-24-13-16-6-4-11-25-16/h14-16H,4-13H2,1-3H3,(H2,19,20,21). The number of hydrogen-bond donors (Lipinski definition) is 2. The highest BCUT2D eigenvalue weighted by atomic mass is 16.5. The van der Waals surface area contributed by atoms with Gasteiger partial charge in [0.1, 0.15) is 0 Å². The van der Waals surface area contributed by atoms with E-state index in [0.29, 0.717) is 12.7 Å². The molecule has 0 saturated carbocycles. The highest BCUT2D eigenvalue weighted by molar-refractivity contribution is 5.81. The fraction of sp³-hybridized carbons (Fsp3) is 0.889. The molecule has 2 fully saturated rings. The molecule has 144 valence electrons. The maximum Gasteiger partial charge on any atom is 0.225 e. The van der Waals surface area contributed by atoms with E-state index >= 15 is 0 Å². The van der Waals surface area contributed by atoms with Gasteiger partial charge in [-0.3, -0.25) is 9.79 Å². The second-order valence-electron chi connectivity index (χ2n) is 7.13. The predicted molar refractivity (Wildman–Crippen MR) is 98.7 cm³/mol. The molecule has 0 aromatic heterocycles. The lowest BCUT2D eigenvalue weighted by Crippen LogP contribution is -2.45. The summed E-state index contributed by atoms with van der Waals surface area (Å²) in [5.74, 6) is 1.09. The molecule has 2 rings (SSSR count). The van der Waals surface area contributed by atoms with Crippen molar-refractivity contribution in [2.75, 3.05) is 46.5 Å². The van der Waals surface area contributed by atoms with Gasteiger partial charge in [-0.25, -0.2) is 0 Å². The molecule has 2 heterocycles. The molecule has 2 saturated heterocycles. The second kappa shape index (κ2) is 10.6. The minimum absolute atomic E-state index is 0.0609. The molecule has 25 heavy (non-hydrogen) atoms. The van der Waals surface area contributed by atoms with E-state index in [2.05, 4.69) is 15.6 Å². The number of carbonyl (C=O) groups is 1. The van der Waals surface area contributed by atoms with Gasteiger partial charge in [0.15, 0.2) is 5.96 Å². The van der Waals surface area contributed by atoms with Crippen molar-refractivity contribution in [2.45, 2.75) is 51.7 Å². The average molecular weight is 354 g/mol. The third-order valence-electron chi connectivity index (χ3n) is 4.64. The molecular formula is C18H34N4O3. The van der Waals surface area contributed by atoms with Gasteiger partial charge in [0, 0.05) is 51.9 Å². The zero-order valence-electron chi connectivity index (χ0n) is 15.9. The lowest BCUT2D eigenvalue weighted by atomic mass is 10.2. The van der Waals surface area contributed by atoms with Crippen LogP contribution in [-0.2, 0) is 14.3 Å². The van der Waals surface area contributed by atoms with E-state index in [-0.39, 0.29) is 17.9 Å². The average Bonchev–Trinajstić information content (AvgIpc) is 3.27. The van der Waals surface area contributed by atoms with Crippen LogP contribution in [0.2, 0.25) is 0 Å². The van der Waals surface area contributed by atoms with Gasteiger partial charge in [0.25, 0.3) is 0 Å². The van der Waals surface area contributed by atoms with Crippen molar-refractivity contribution >= 4 is 11.9 Å².